The molecule has 0 aliphatic carbocycles. The zero-order valence-electron chi connectivity index (χ0n) is 19.0. The van der Waals surface area contributed by atoms with E-state index in [2.05, 4.69) is 15.4 Å². The van der Waals surface area contributed by atoms with Crippen LogP contribution >= 0.6 is 0 Å². The monoisotopic (exact) mass is 478 g/mol. The Bertz CT molecular complexity index is 1460. The first kappa shape index (κ1) is 23.4. The van der Waals surface area contributed by atoms with E-state index in [1.54, 1.807) is 30.3 Å². The van der Waals surface area contributed by atoms with Crippen molar-refractivity contribution >= 4 is 22.6 Å². The zero-order valence-corrected chi connectivity index (χ0v) is 19.0. The van der Waals surface area contributed by atoms with Gasteiger partial charge in [-0.3, -0.25) is 24.3 Å². The van der Waals surface area contributed by atoms with E-state index in [0.717, 1.165) is 0 Å². The molecule has 0 unspecified atom stereocenters. The van der Waals surface area contributed by atoms with Gasteiger partial charge in [-0.05, 0) is 17.7 Å². The summed E-state index contributed by atoms with van der Waals surface area (Å²) in [6.45, 7) is 0.643. The van der Waals surface area contributed by atoms with Gasteiger partial charge in [-0.1, -0.05) is 18.2 Å². The number of rotatable bonds is 9. The molecule has 2 aromatic carbocycles. The highest BCUT2D eigenvalue weighted by Crippen LogP contribution is 2.30. The third-order valence-corrected chi connectivity index (χ3v) is 5.35. The van der Waals surface area contributed by atoms with Gasteiger partial charge in [0.2, 0.25) is 0 Å². The highest BCUT2D eigenvalue weighted by Gasteiger charge is 2.17. The Labute approximate surface area is 198 Å². The number of nitrogens with one attached hydrogen (secondary N) is 1. The van der Waals surface area contributed by atoms with Crippen molar-refractivity contribution in [1.82, 2.24) is 24.6 Å². The molecule has 2 aromatic heterocycles. The molecule has 0 atom stereocenters. The predicted octanol–water partition coefficient (Wildman–Crippen LogP) is 2.00. The van der Waals surface area contributed by atoms with E-state index in [9.17, 15) is 19.7 Å². The van der Waals surface area contributed by atoms with Crippen LogP contribution in [0.2, 0.25) is 0 Å². The van der Waals surface area contributed by atoms with Crippen molar-refractivity contribution in [2.45, 2.75) is 13.1 Å². The van der Waals surface area contributed by atoms with Crippen LogP contribution < -0.4 is 20.3 Å². The van der Waals surface area contributed by atoms with Crippen LogP contribution in [0, 0.1) is 10.1 Å². The van der Waals surface area contributed by atoms with E-state index >= 15 is 0 Å². The van der Waals surface area contributed by atoms with Gasteiger partial charge in [0.15, 0.2) is 17.1 Å². The number of non-ortho nitro benzene ring substituents is 1. The number of carbonyl (C=O) groups excluding carboxylic acids is 1. The first-order valence-electron chi connectivity index (χ1n) is 10.6. The number of nitro benzene ring substituents is 1. The quantitative estimate of drug-likeness (QED) is 0.284. The summed E-state index contributed by atoms with van der Waals surface area (Å²) in [7, 11) is 2.95. The average Bonchev–Trinajstić information content (AvgIpc) is 3.28. The molecule has 0 spiro atoms. The van der Waals surface area contributed by atoms with Crippen molar-refractivity contribution in [1.29, 1.82) is 0 Å². The average molecular weight is 478 g/mol. The third-order valence-electron chi connectivity index (χ3n) is 5.35. The van der Waals surface area contributed by atoms with Gasteiger partial charge in [0.25, 0.3) is 17.2 Å². The number of carbonyl (C=O) groups is 1. The molecule has 12 nitrogen and oxygen atoms in total. The highest BCUT2D eigenvalue weighted by molar-refractivity contribution is 5.97. The van der Waals surface area contributed by atoms with Gasteiger partial charge in [-0.15, -0.1) is 0 Å². The number of para-hydroxylation sites is 1. The first-order valence-corrected chi connectivity index (χ1v) is 10.6. The van der Waals surface area contributed by atoms with Crippen LogP contribution in [0.1, 0.15) is 15.9 Å². The molecular formula is C23H22N6O6. The molecule has 4 aromatic rings. The van der Waals surface area contributed by atoms with E-state index in [1.165, 1.54) is 48.1 Å². The lowest BCUT2D eigenvalue weighted by Gasteiger charge is -2.12. The van der Waals surface area contributed by atoms with Crippen molar-refractivity contribution in [3.63, 3.8) is 0 Å². The van der Waals surface area contributed by atoms with Crippen LogP contribution in [0.3, 0.4) is 0 Å². The standard InChI is InChI=1S/C23H22N6O6/c1-34-19-8-4-7-17(20(19)35-2)22(30)24-9-10-28-21-18(12-26-28)23(31)27(14-25-21)13-15-5-3-6-16(11-15)29(32)33/h3-8,11-12,14H,9-10,13H2,1-2H3,(H,24,30). The molecule has 4 rings (SSSR count). The van der Waals surface area contributed by atoms with Crippen LogP contribution in [0.5, 0.6) is 11.5 Å². The number of nitrogens with zero attached hydrogens (tertiary/aromatic N) is 5. The van der Waals surface area contributed by atoms with Gasteiger partial charge in [0.05, 0.1) is 44.0 Å². The Kier molecular flexibility index (Phi) is 6.71. The number of fused-ring (bicyclic) bond motifs is 1. The Hall–Kier alpha value is -4.74. The summed E-state index contributed by atoms with van der Waals surface area (Å²) in [6, 6.07) is 11.1. The van der Waals surface area contributed by atoms with Crippen LogP contribution in [-0.2, 0) is 13.1 Å². The molecule has 35 heavy (non-hydrogen) atoms. The van der Waals surface area contributed by atoms with E-state index < -0.39 is 4.92 Å². The van der Waals surface area contributed by atoms with E-state index in [1.807, 2.05) is 0 Å². The number of ether oxygens (including phenoxy) is 2. The van der Waals surface area contributed by atoms with Crippen molar-refractivity contribution in [3.05, 3.63) is 86.6 Å². The maximum absolute atomic E-state index is 12.9. The van der Waals surface area contributed by atoms with Gasteiger partial charge in [0.1, 0.15) is 11.7 Å². The van der Waals surface area contributed by atoms with Gasteiger partial charge in [-0.2, -0.15) is 5.10 Å². The number of nitro groups is 1. The lowest BCUT2D eigenvalue weighted by molar-refractivity contribution is -0.384. The van der Waals surface area contributed by atoms with Crippen molar-refractivity contribution in [2.24, 2.45) is 0 Å². The molecule has 1 N–H and O–H groups in total. The topological polar surface area (TPSA) is 143 Å². The van der Waals surface area contributed by atoms with Gasteiger partial charge >= 0.3 is 0 Å². The predicted molar refractivity (Wildman–Crippen MR) is 126 cm³/mol. The van der Waals surface area contributed by atoms with E-state index in [-0.39, 0.29) is 36.8 Å². The number of benzene rings is 2. The molecular weight excluding hydrogens is 456 g/mol. The lowest BCUT2D eigenvalue weighted by Crippen LogP contribution is -2.28. The SMILES string of the molecule is COc1cccc(C(=O)NCCn2ncc3c(=O)n(Cc4cccc([N+](=O)[O-])c4)cnc32)c1OC. The highest BCUT2D eigenvalue weighted by atomic mass is 16.6. The molecule has 0 saturated heterocycles. The molecule has 0 radical (unpaired) electrons. The fourth-order valence-corrected chi connectivity index (χ4v) is 3.68. The summed E-state index contributed by atoms with van der Waals surface area (Å²) in [5.41, 5.74) is 0.937. The summed E-state index contributed by atoms with van der Waals surface area (Å²) in [5, 5.41) is 18.3. The summed E-state index contributed by atoms with van der Waals surface area (Å²) < 4.78 is 13.4. The zero-order chi connectivity index (χ0) is 24.9. The minimum atomic E-state index is -0.485. The second kappa shape index (κ2) is 10.0. The van der Waals surface area contributed by atoms with E-state index in [0.29, 0.717) is 33.7 Å². The second-order valence-electron chi connectivity index (χ2n) is 7.51. The van der Waals surface area contributed by atoms with Crippen molar-refractivity contribution in [3.8, 4) is 11.5 Å². The smallest absolute Gasteiger partial charge is 0.269 e. The Morgan fingerprint density at radius 1 is 1.17 bits per heavy atom. The molecule has 0 fully saturated rings. The van der Waals surface area contributed by atoms with Gasteiger partial charge in [0, 0.05) is 18.7 Å². The summed E-state index contributed by atoms with van der Waals surface area (Å²) in [4.78, 5) is 40.4. The second-order valence-corrected chi connectivity index (χ2v) is 7.51. The summed E-state index contributed by atoms with van der Waals surface area (Å²) >= 11 is 0. The molecule has 0 aliphatic heterocycles. The molecule has 0 bridgehead atoms. The number of hydrogen-bond acceptors (Lipinski definition) is 8. The molecule has 0 saturated carbocycles. The largest absolute Gasteiger partial charge is 0.493 e. The van der Waals surface area contributed by atoms with Crippen molar-refractivity contribution < 1.29 is 19.2 Å². The number of hydrogen-bond donors (Lipinski definition) is 1. The van der Waals surface area contributed by atoms with Crippen LogP contribution in [-0.4, -0.2) is 50.9 Å². The number of amides is 1. The fraction of sp³-hybridized carbons (Fsp3) is 0.217. The number of methoxy groups -OCH3 is 2. The lowest BCUT2D eigenvalue weighted by atomic mass is 10.1. The van der Waals surface area contributed by atoms with Crippen LogP contribution in [0.25, 0.3) is 11.0 Å². The number of aromatic nitrogens is 4. The normalized spacial score (nSPS) is 10.8. The third kappa shape index (κ3) is 4.81. The first-order chi connectivity index (χ1) is 16.9. The fourth-order valence-electron chi connectivity index (χ4n) is 3.68. The Morgan fingerprint density at radius 3 is 2.71 bits per heavy atom. The van der Waals surface area contributed by atoms with E-state index in [4.69, 9.17) is 9.47 Å². The maximum atomic E-state index is 12.9. The van der Waals surface area contributed by atoms with Crippen molar-refractivity contribution in [2.75, 3.05) is 20.8 Å². The summed E-state index contributed by atoms with van der Waals surface area (Å²) in [5.74, 6) is 0.441. The molecule has 1 amide bonds. The van der Waals surface area contributed by atoms with Gasteiger partial charge in [-0.25, -0.2) is 9.67 Å². The maximum Gasteiger partial charge on any atom is 0.269 e. The minimum absolute atomic E-state index is 0.0500. The molecule has 12 heteroatoms. The summed E-state index contributed by atoms with van der Waals surface area (Å²) in [6.07, 6.45) is 2.79. The Morgan fingerprint density at radius 2 is 1.97 bits per heavy atom. The minimum Gasteiger partial charge on any atom is -0.493 e. The molecule has 2 heterocycles. The molecule has 180 valence electrons. The van der Waals surface area contributed by atoms with Gasteiger partial charge < -0.3 is 14.8 Å². The molecule has 0 aliphatic rings. The van der Waals surface area contributed by atoms with Crippen LogP contribution in [0.15, 0.2) is 59.8 Å². The van der Waals surface area contributed by atoms with Crippen LogP contribution in [0.4, 0.5) is 5.69 Å². The Balaban J connectivity index is 1.47.